The van der Waals surface area contributed by atoms with Gasteiger partial charge >= 0.3 is 0 Å². The molecule has 0 radical (unpaired) electrons. The van der Waals surface area contributed by atoms with Crippen LogP contribution < -0.4 is 10.5 Å². The number of hydrogen-bond donors (Lipinski definition) is 1. The van der Waals surface area contributed by atoms with Crippen molar-refractivity contribution in [3.8, 4) is 11.5 Å². The molecule has 136 valence electrons. The summed E-state index contributed by atoms with van der Waals surface area (Å²) < 4.78 is 19.4. The van der Waals surface area contributed by atoms with E-state index in [0.717, 1.165) is 11.3 Å². The monoisotopic (exact) mass is 379 g/mol. The Kier molecular flexibility index (Phi) is 6.60. The van der Waals surface area contributed by atoms with Crippen LogP contribution in [0.3, 0.4) is 0 Å². The third-order valence-electron chi connectivity index (χ3n) is 3.56. The van der Waals surface area contributed by atoms with E-state index >= 15 is 0 Å². The van der Waals surface area contributed by atoms with Crippen LogP contribution in [0.5, 0.6) is 11.5 Å². The molecule has 2 N–H and O–H groups in total. The van der Waals surface area contributed by atoms with Crippen molar-refractivity contribution in [2.45, 2.75) is 5.75 Å². The number of nitrogens with zero attached hydrogens (tertiary/aromatic N) is 2. The van der Waals surface area contributed by atoms with Crippen molar-refractivity contribution in [1.82, 2.24) is 0 Å². The first-order chi connectivity index (χ1) is 13.2. The number of benzene rings is 3. The summed E-state index contributed by atoms with van der Waals surface area (Å²) in [4.78, 5) is 0. The molecule has 3 rings (SSSR count). The van der Waals surface area contributed by atoms with Gasteiger partial charge in [-0.05, 0) is 29.8 Å². The van der Waals surface area contributed by atoms with Crippen LogP contribution in [0.4, 0.5) is 4.39 Å². The lowest BCUT2D eigenvalue weighted by molar-refractivity contribution is 0.442. The fraction of sp³-hybridized carbons (Fsp3) is 0.0476. The number of amidine groups is 1. The zero-order valence-corrected chi connectivity index (χ0v) is 15.3. The van der Waals surface area contributed by atoms with Crippen LogP contribution >= 0.6 is 11.8 Å². The maximum Gasteiger partial charge on any atom is 0.180 e. The maximum absolute atomic E-state index is 13.8. The summed E-state index contributed by atoms with van der Waals surface area (Å²) in [5, 5.41) is 8.38. The molecule has 0 fully saturated rings. The summed E-state index contributed by atoms with van der Waals surface area (Å²) in [6, 6.07) is 23.4. The smallest absolute Gasteiger partial charge is 0.180 e. The second-order valence-electron chi connectivity index (χ2n) is 5.53. The molecule has 0 aliphatic rings. The maximum atomic E-state index is 13.8. The van der Waals surface area contributed by atoms with Crippen LogP contribution in [0.15, 0.2) is 89.1 Å². The Bertz CT molecular complexity index is 945. The molecule has 0 aliphatic heterocycles. The Morgan fingerprint density at radius 3 is 2.37 bits per heavy atom. The number of halogens is 1. The van der Waals surface area contributed by atoms with E-state index in [9.17, 15) is 4.39 Å². The van der Waals surface area contributed by atoms with E-state index in [-0.39, 0.29) is 5.75 Å². The first kappa shape index (κ1) is 18.7. The molecule has 6 heteroatoms. The highest BCUT2D eigenvalue weighted by molar-refractivity contribution is 8.13. The number of ether oxygens (including phenoxy) is 1. The molecule has 0 saturated heterocycles. The van der Waals surface area contributed by atoms with E-state index in [0.29, 0.717) is 16.5 Å². The Morgan fingerprint density at radius 1 is 0.926 bits per heavy atom. The Balaban J connectivity index is 1.65. The van der Waals surface area contributed by atoms with Crippen LogP contribution in [0, 0.1) is 5.82 Å². The zero-order chi connectivity index (χ0) is 18.9. The van der Waals surface area contributed by atoms with Gasteiger partial charge in [0.1, 0.15) is 5.75 Å². The lowest BCUT2D eigenvalue weighted by atomic mass is 10.2. The van der Waals surface area contributed by atoms with Gasteiger partial charge in [-0.15, -0.1) is 5.10 Å². The van der Waals surface area contributed by atoms with Crippen LogP contribution in [0.2, 0.25) is 0 Å². The molecule has 0 bridgehead atoms. The van der Waals surface area contributed by atoms with Crippen LogP contribution in [-0.4, -0.2) is 11.4 Å². The van der Waals surface area contributed by atoms with Gasteiger partial charge in [0.25, 0.3) is 0 Å². The van der Waals surface area contributed by atoms with Crippen molar-refractivity contribution < 1.29 is 9.13 Å². The number of thioether (sulfide) groups is 1. The van der Waals surface area contributed by atoms with Crippen LogP contribution in [-0.2, 0) is 5.75 Å². The fourth-order valence-corrected chi connectivity index (χ4v) is 2.85. The summed E-state index contributed by atoms with van der Waals surface area (Å²) in [6.07, 6.45) is 1.53. The number of nitrogens with two attached hydrogens (primary N) is 1. The highest BCUT2D eigenvalue weighted by atomic mass is 32.2. The van der Waals surface area contributed by atoms with Crippen LogP contribution in [0.1, 0.15) is 11.1 Å². The zero-order valence-electron chi connectivity index (χ0n) is 14.5. The topological polar surface area (TPSA) is 60.0 Å². The Labute approximate surface area is 161 Å². The minimum Gasteiger partial charge on any atom is -0.454 e. The van der Waals surface area contributed by atoms with Gasteiger partial charge in [0.15, 0.2) is 16.7 Å². The summed E-state index contributed by atoms with van der Waals surface area (Å²) in [5.74, 6) is 0.930. The van der Waals surface area contributed by atoms with Gasteiger partial charge in [0, 0.05) is 11.3 Å². The minimum atomic E-state index is -0.427. The van der Waals surface area contributed by atoms with Crippen molar-refractivity contribution in [3.05, 3.63) is 95.8 Å². The molecule has 0 heterocycles. The molecule has 3 aromatic rings. The van der Waals surface area contributed by atoms with Crippen molar-refractivity contribution in [1.29, 1.82) is 0 Å². The highest BCUT2D eigenvalue weighted by Crippen LogP contribution is 2.26. The van der Waals surface area contributed by atoms with E-state index < -0.39 is 5.82 Å². The second kappa shape index (κ2) is 9.54. The Hall–Kier alpha value is -3.12. The molecule has 4 nitrogen and oxygen atoms in total. The summed E-state index contributed by atoms with van der Waals surface area (Å²) in [7, 11) is 0. The standard InChI is InChI=1S/C21H18FN3OS/c22-18-11-5-7-13-20(18)26-19-12-6-4-10-17(19)14-24-25-21(23)27-15-16-8-2-1-3-9-16/h1-14H,15H2,(H2,23,25). The van der Waals surface area contributed by atoms with Gasteiger partial charge < -0.3 is 10.5 Å². The van der Waals surface area contributed by atoms with Crippen molar-refractivity contribution in [2.75, 3.05) is 0 Å². The molecule has 0 saturated carbocycles. The van der Waals surface area contributed by atoms with Crippen molar-refractivity contribution in [3.63, 3.8) is 0 Å². The second-order valence-corrected chi connectivity index (χ2v) is 6.52. The van der Waals surface area contributed by atoms with E-state index in [1.54, 1.807) is 30.3 Å². The van der Waals surface area contributed by atoms with E-state index in [1.807, 2.05) is 42.5 Å². The summed E-state index contributed by atoms with van der Waals surface area (Å²) in [5.41, 5.74) is 7.72. The Morgan fingerprint density at radius 2 is 1.59 bits per heavy atom. The average molecular weight is 379 g/mol. The molecule has 3 aromatic carbocycles. The average Bonchev–Trinajstić information content (AvgIpc) is 2.70. The molecule has 0 spiro atoms. The largest absolute Gasteiger partial charge is 0.454 e. The third-order valence-corrected chi connectivity index (χ3v) is 4.41. The quantitative estimate of drug-likeness (QED) is 0.364. The van der Waals surface area contributed by atoms with Gasteiger partial charge in [0.05, 0.1) is 6.21 Å². The molecular formula is C21H18FN3OS. The third kappa shape index (κ3) is 5.69. The molecule has 0 amide bonds. The summed E-state index contributed by atoms with van der Waals surface area (Å²) in [6.45, 7) is 0. The van der Waals surface area contributed by atoms with Gasteiger partial charge in [-0.25, -0.2) is 4.39 Å². The predicted molar refractivity (Wildman–Crippen MR) is 110 cm³/mol. The van der Waals surface area contributed by atoms with Crippen molar-refractivity contribution in [2.24, 2.45) is 15.9 Å². The molecule has 0 unspecified atom stereocenters. The molecule has 27 heavy (non-hydrogen) atoms. The normalized spacial score (nSPS) is 11.7. The van der Waals surface area contributed by atoms with Crippen LogP contribution in [0.25, 0.3) is 0 Å². The minimum absolute atomic E-state index is 0.153. The number of hydrogen-bond acceptors (Lipinski definition) is 4. The molecule has 0 aliphatic carbocycles. The molecule has 0 atom stereocenters. The number of para-hydroxylation sites is 2. The van der Waals surface area contributed by atoms with Gasteiger partial charge in [-0.1, -0.05) is 66.4 Å². The molecule has 0 aromatic heterocycles. The number of rotatable bonds is 6. The lowest BCUT2D eigenvalue weighted by Gasteiger charge is -2.08. The first-order valence-corrected chi connectivity index (χ1v) is 9.25. The van der Waals surface area contributed by atoms with Gasteiger partial charge in [-0.2, -0.15) is 5.10 Å². The summed E-state index contributed by atoms with van der Waals surface area (Å²) >= 11 is 1.41. The first-order valence-electron chi connectivity index (χ1n) is 8.27. The van der Waals surface area contributed by atoms with Gasteiger partial charge in [-0.3, -0.25) is 0 Å². The molecular weight excluding hydrogens is 361 g/mol. The van der Waals surface area contributed by atoms with E-state index in [2.05, 4.69) is 10.2 Å². The SMILES string of the molecule is NC(=NN=Cc1ccccc1Oc1ccccc1F)SCc1ccccc1. The van der Waals surface area contributed by atoms with E-state index in [4.69, 9.17) is 10.5 Å². The highest BCUT2D eigenvalue weighted by Gasteiger charge is 2.06. The van der Waals surface area contributed by atoms with Crippen molar-refractivity contribution >= 4 is 23.1 Å². The fourth-order valence-electron chi connectivity index (χ4n) is 2.23. The predicted octanol–water partition coefficient (Wildman–Crippen LogP) is 5.20. The van der Waals surface area contributed by atoms with Gasteiger partial charge in [0.2, 0.25) is 0 Å². The lowest BCUT2D eigenvalue weighted by Crippen LogP contribution is -2.06. The van der Waals surface area contributed by atoms with E-state index in [1.165, 1.54) is 24.0 Å².